The summed E-state index contributed by atoms with van der Waals surface area (Å²) >= 11 is 0. The molecule has 11 nitrogen and oxygen atoms in total. The molecular weight excluding hydrogens is 524 g/mol. The van der Waals surface area contributed by atoms with Crippen LogP contribution in [-0.2, 0) is 23.8 Å². The molecule has 0 heterocycles. The van der Waals surface area contributed by atoms with E-state index in [1.807, 2.05) is 34.6 Å². The van der Waals surface area contributed by atoms with E-state index in [4.69, 9.17) is 25.7 Å². The van der Waals surface area contributed by atoms with Gasteiger partial charge >= 0.3 is 11.9 Å². The van der Waals surface area contributed by atoms with Gasteiger partial charge in [-0.3, -0.25) is 19.9 Å². The third kappa shape index (κ3) is 26.0. The number of ether oxygens (including phenoxy) is 3. The Balaban J connectivity index is -0.00000269. The standard InChI is InChI=1S/C25H50N6O5.C3H8.C2H4/c1-18(2)29-15-10-12-20(31-17-34-8)22(33)36-25(5,6)14-13-24(3,4)35-21(32)19(28-7)11-9-16-30-23(26)27;1-3-2;1-2/h19-20,28-29,31H,1,9-17H2,2-8H3,(H4,26,27,30);3H2,1-2H3;1-2H2. The Morgan fingerprint density at radius 3 is 1.80 bits per heavy atom. The van der Waals surface area contributed by atoms with Gasteiger partial charge in [-0.25, -0.2) is 0 Å². The highest BCUT2D eigenvalue weighted by atomic mass is 16.6. The zero-order valence-electron chi connectivity index (χ0n) is 27.5. The van der Waals surface area contributed by atoms with Gasteiger partial charge in [-0.1, -0.05) is 26.8 Å². The highest BCUT2D eigenvalue weighted by Gasteiger charge is 2.33. The van der Waals surface area contributed by atoms with E-state index in [2.05, 4.69) is 54.5 Å². The molecule has 0 aliphatic heterocycles. The summed E-state index contributed by atoms with van der Waals surface area (Å²) in [5.74, 6) is -0.643. The summed E-state index contributed by atoms with van der Waals surface area (Å²) in [5, 5.41) is 9.22. The summed E-state index contributed by atoms with van der Waals surface area (Å²) in [5.41, 5.74) is 10.1. The topological polar surface area (TPSA) is 162 Å². The number of guanidine groups is 1. The van der Waals surface area contributed by atoms with Crippen LogP contribution < -0.4 is 27.4 Å². The molecule has 0 saturated heterocycles. The number of nitrogens with one attached hydrogen (secondary N) is 3. The maximum Gasteiger partial charge on any atom is 0.323 e. The molecule has 0 aliphatic carbocycles. The van der Waals surface area contributed by atoms with Crippen molar-refractivity contribution in [2.24, 2.45) is 16.5 Å². The first-order chi connectivity index (χ1) is 19.1. The number of esters is 2. The fourth-order valence-electron chi connectivity index (χ4n) is 3.37. The first-order valence-corrected chi connectivity index (χ1v) is 14.4. The highest BCUT2D eigenvalue weighted by Crippen LogP contribution is 2.26. The summed E-state index contributed by atoms with van der Waals surface area (Å²) in [4.78, 5) is 29.5. The predicted molar refractivity (Wildman–Crippen MR) is 170 cm³/mol. The van der Waals surface area contributed by atoms with Crippen molar-refractivity contribution in [3.63, 3.8) is 0 Å². The van der Waals surface area contributed by atoms with Crippen molar-refractivity contribution >= 4 is 17.9 Å². The van der Waals surface area contributed by atoms with E-state index in [-0.39, 0.29) is 24.6 Å². The summed E-state index contributed by atoms with van der Waals surface area (Å²) in [6.07, 6.45) is 4.83. The molecule has 0 fully saturated rings. The molecule has 0 bridgehead atoms. The molecule has 7 N–H and O–H groups in total. The SMILES string of the molecule is C=C.C=C(C)NCCCC(NCOC)C(=O)OC(C)(C)CCC(C)(C)OC(=O)C(CCCN=C(N)N)NC.CCC. The van der Waals surface area contributed by atoms with Gasteiger partial charge in [0.25, 0.3) is 0 Å². The number of nitrogens with two attached hydrogens (primary N) is 2. The van der Waals surface area contributed by atoms with Gasteiger partial charge in [-0.2, -0.15) is 0 Å². The molecule has 0 aliphatic rings. The molecule has 0 spiro atoms. The Bertz CT molecular complexity index is 739. The maximum absolute atomic E-state index is 12.9. The van der Waals surface area contributed by atoms with E-state index < -0.39 is 23.3 Å². The van der Waals surface area contributed by atoms with Crippen molar-refractivity contribution in [2.75, 3.05) is 34.0 Å². The maximum atomic E-state index is 12.9. The minimum absolute atomic E-state index is 0.0311. The second-order valence-electron chi connectivity index (χ2n) is 10.9. The van der Waals surface area contributed by atoms with Crippen LogP contribution in [-0.4, -0.2) is 75.2 Å². The van der Waals surface area contributed by atoms with Crippen LogP contribution in [0.5, 0.6) is 0 Å². The third-order valence-corrected chi connectivity index (χ3v) is 5.52. The number of carbonyl (C=O) groups is 2. The van der Waals surface area contributed by atoms with Crippen molar-refractivity contribution in [3.05, 3.63) is 25.4 Å². The molecule has 242 valence electrons. The molecule has 0 saturated carbocycles. The van der Waals surface area contributed by atoms with Crippen LogP contribution in [0.15, 0.2) is 30.4 Å². The van der Waals surface area contributed by atoms with Crippen molar-refractivity contribution in [3.8, 4) is 0 Å². The summed E-state index contributed by atoms with van der Waals surface area (Å²) in [6.45, 7) is 24.8. The highest BCUT2D eigenvalue weighted by molar-refractivity contribution is 5.77. The zero-order valence-corrected chi connectivity index (χ0v) is 27.5. The Hall–Kier alpha value is -2.63. The number of carbonyl (C=O) groups excluding carboxylic acids is 2. The number of methoxy groups -OCH3 is 1. The van der Waals surface area contributed by atoms with Gasteiger partial charge in [0.15, 0.2) is 5.96 Å². The first kappa shape index (κ1) is 42.8. The van der Waals surface area contributed by atoms with E-state index in [0.717, 1.165) is 18.7 Å². The molecule has 0 aromatic heterocycles. The number of allylic oxidation sites excluding steroid dienone is 1. The number of likely N-dealkylation sites (N-methyl/N-ethyl adjacent to an activating group) is 1. The second kappa shape index (κ2) is 25.1. The minimum atomic E-state index is -0.744. The van der Waals surface area contributed by atoms with E-state index in [0.29, 0.717) is 38.6 Å². The van der Waals surface area contributed by atoms with Crippen molar-refractivity contribution in [2.45, 2.75) is 117 Å². The van der Waals surface area contributed by atoms with Crippen molar-refractivity contribution < 1.29 is 23.8 Å². The smallest absolute Gasteiger partial charge is 0.323 e. The van der Waals surface area contributed by atoms with E-state index >= 15 is 0 Å². The van der Waals surface area contributed by atoms with Gasteiger partial charge in [-0.15, -0.1) is 13.2 Å². The normalized spacial score (nSPS) is 12.3. The van der Waals surface area contributed by atoms with E-state index in [1.54, 1.807) is 14.2 Å². The number of nitrogens with zero attached hydrogens (tertiary/aromatic N) is 1. The minimum Gasteiger partial charge on any atom is -0.459 e. The zero-order chi connectivity index (χ0) is 32.5. The quantitative estimate of drug-likeness (QED) is 0.0355. The fraction of sp³-hybridized carbons (Fsp3) is 0.767. The number of rotatable bonds is 20. The van der Waals surface area contributed by atoms with Crippen LogP contribution in [0.1, 0.15) is 93.4 Å². The number of hydrogen-bond acceptors (Lipinski definition) is 9. The van der Waals surface area contributed by atoms with Crippen LogP contribution in [0.4, 0.5) is 0 Å². The summed E-state index contributed by atoms with van der Waals surface area (Å²) in [6, 6.07) is -0.950. The Morgan fingerprint density at radius 2 is 1.39 bits per heavy atom. The molecule has 2 unspecified atom stereocenters. The lowest BCUT2D eigenvalue weighted by atomic mass is 9.93. The Morgan fingerprint density at radius 1 is 0.927 bits per heavy atom. The molecule has 41 heavy (non-hydrogen) atoms. The lowest BCUT2D eigenvalue weighted by Crippen LogP contribution is -2.44. The molecule has 11 heteroatoms. The van der Waals surface area contributed by atoms with Crippen LogP contribution in [0.3, 0.4) is 0 Å². The molecule has 0 aromatic carbocycles. The first-order valence-electron chi connectivity index (χ1n) is 14.4. The van der Waals surface area contributed by atoms with Crippen LogP contribution in [0.25, 0.3) is 0 Å². The average Bonchev–Trinajstić information content (AvgIpc) is 2.88. The average molecular weight is 587 g/mol. The fourth-order valence-corrected chi connectivity index (χ4v) is 3.37. The summed E-state index contributed by atoms with van der Waals surface area (Å²) < 4.78 is 16.7. The second-order valence-corrected chi connectivity index (χ2v) is 10.9. The van der Waals surface area contributed by atoms with Gasteiger partial charge in [0.1, 0.15) is 23.3 Å². The summed E-state index contributed by atoms with van der Waals surface area (Å²) in [7, 11) is 3.28. The van der Waals surface area contributed by atoms with Crippen molar-refractivity contribution in [1.29, 1.82) is 0 Å². The van der Waals surface area contributed by atoms with Crippen molar-refractivity contribution in [1.82, 2.24) is 16.0 Å². The molecule has 0 rings (SSSR count). The van der Waals surface area contributed by atoms with Gasteiger partial charge in [-0.05, 0) is 80.2 Å². The van der Waals surface area contributed by atoms with Crippen LogP contribution >= 0.6 is 0 Å². The monoisotopic (exact) mass is 586 g/mol. The predicted octanol–water partition coefficient (Wildman–Crippen LogP) is 3.74. The van der Waals surface area contributed by atoms with Gasteiger partial charge in [0.2, 0.25) is 0 Å². The van der Waals surface area contributed by atoms with Crippen LogP contribution in [0, 0.1) is 0 Å². The lowest BCUT2D eigenvalue weighted by Gasteiger charge is -2.33. The Labute approximate surface area is 250 Å². The van der Waals surface area contributed by atoms with E-state index in [1.165, 1.54) is 6.42 Å². The molecule has 0 aromatic rings. The lowest BCUT2D eigenvalue weighted by molar-refractivity contribution is -0.167. The molecule has 2 atom stereocenters. The van der Waals surface area contributed by atoms with Gasteiger partial charge in [0.05, 0.1) is 6.73 Å². The van der Waals surface area contributed by atoms with Gasteiger partial charge in [0, 0.05) is 25.9 Å². The molecule has 0 amide bonds. The number of aliphatic imine (C=N–C) groups is 1. The van der Waals surface area contributed by atoms with E-state index in [9.17, 15) is 9.59 Å². The molecule has 0 radical (unpaired) electrons. The Kier molecular flexibility index (Phi) is 26.2. The largest absolute Gasteiger partial charge is 0.459 e. The van der Waals surface area contributed by atoms with Gasteiger partial charge < -0.3 is 36.3 Å². The molecular formula is C30H62N6O5. The third-order valence-electron chi connectivity index (χ3n) is 5.52. The number of hydrogen-bond donors (Lipinski definition) is 5. The van der Waals surface area contributed by atoms with Crippen LogP contribution in [0.2, 0.25) is 0 Å².